The molecule has 2 aromatic carbocycles. The third-order valence-corrected chi connectivity index (χ3v) is 4.15. The van der Waals surface area contributed by atoms with E-state index in [1.807, 2.05) is 10.6 Å². The predicted molar refractivity (Wildman–Crippen MR) is 129 cm³/mol. The van der Waals surface area contributed by atoms with Crippen molar-refractivity contribution in [2.24, 2.45) is 5.73 Å². The van der Waals surface area contributed by atoms with Crippen molar-refractivity contribution < 1.29 is 55.8 Å². The second-order valence-electron chi connectivity index (χ2n) is 7.32. The van der Waals surface area contributed by atoms with Crippen molar-refractivity contribution in [2.75, 3.05) is 23.4 Å². The molecule has 0 unspecified atom stereocenters. The third kappa shape index (κ3) is 12.0. The Morgan fingerprint density at radius 3 is 1.70 bits per heavy atom. The lowest BCUT2D eigenvalue weighted by Crippen LogP contribution is -2.53. The zero-order valence-corrected chi connectivity index (χ0v) is 21.1. The van der Waals surface area contributed by atoms with E-state index < -0.39 is 65.5 Å². The highest BCUT2D eigenvalue weighted by Crippen LogP contribution is 2.20. The number of carbonyl (C=O) groups is 6. The number of amides is 6. The first-order valence-corrected chi connectivity index (χ1v) is 11.2. The molecule has 0 radical (unpaired) electrons. The van der Waals surface area contributed by atoms with Crippen LogP contribution in [0.3, 0.4) is 0 Å². The van der Waals surface area contributed by atoms with Gasteiger partial charge in [-0.1, -0.05) is 0 Å². The molecular weight excluding hydrogens is 548 g/mol. The Morgan fingerprint density at radius 2 is 1.30 bits per heavy atom. The van der Waals surface area contributed by atoms with Crippen molar-refractivity contribution in [1.29, 1.82) is 0 Å². The summed E-state index contributed by atoms with van der Waals surface area (Å²) in [6.07, 6.45) is -0.828. The summed E-state index contributed by atoms with van der Waals surface area (Å²) in [5.74, 6) is -6.01. The first kappa shape index (κ1) is 33.0. The van der Waals surface area contributed by atoms with Gasteiger partial charge in [0.15, 0.2) is 0 Å². The van der Waals surface area contributed by atoms with Crippen LogP contribution in [0.15, 0.2) is 36.4 Å². The number of ether oxygens (including phenoxy) is 2. The Labute approximate surface area is 224 Å². The smallest absolute Gasteiger partial charge is 0.335 e. The summed E-state index contributed by atoms with van der Waals surface area (Å²) < 4.78 is 59.8. The topological polar surface area (TPSA) is 174 Å². The molecule has 4 N–H and O–H groups in total. The molecule has 216 valence electrons. The molecule has 1 aliphatic heterocycles. The Morgan fingerprint density at radius 1 is 0.850 bits per heavy atom. The highest BCUT2D eigenvalue weighted by atomic mass is 19.1. The number of benzene rings is 2. The number of hydrogen-bond acceptors (Lipinski definition) is 8. The molecular formula is C24H24F4N4O8. The zero-order chi connectivity index (χ0) is 30.4. The number of carbonyl (C=O) groups excluding carboxylic acids is 6. The minimum atomic E-state index is -1.02. The monoisotopic (exact) mass is 572 g/mol. The second kappa shape index (κ2) is 16.1. The van der Waals surface area contributed by atoms with E-state index in [1.165, 1.54) is 0 Å². The molecule has 1 saturated heterocycles. The highest BCUT2D eigenvalue weighted by molar-refractivity contribution is 6.26. The first-order valence-electron chi connectivity index (χ1n) is 11.2. The van der Waals surface area contributed by atoms with E-state index >= 15 is 0 Å². The van der Waals surface area contributed by atoms with E-state index in [0.717, 1.165) is 24.3 Å². The van der Waals surface area contributed by atoms with E-state index in [9.17, 15) is 46.3 Å². The number of nitrogens with one attached hydrogen (secondary N) is 2. The number of barbiturate groups is 1. The van der Waals surface area contributed by atoms with Gasteiger partial charge in [-0.2, -0.15) is 0 Å². The summed E-state index contributed by atoms with van der Waals surface area (Å²) in [7, 11) is 0. The molecule has 0 aromatic heterocycles. The summed E-state index contributed by atoms with van der Waals surface area (Å²) in [5, 5.41) is 3.92. The number of hydrogen-bond donors (Lipinski definition) is 3. The van der Waals surface area contributed by atoms with Gasteiger partial charge in [0.25, 0.3) is 0 Å². The van der Waals surface area contributed by atoms with E-state index in [2.05, 4.69) is 9.47 Å². The average molecular weight is 572 g/mol. The van der Waals surface area contributed by atoms with E-state index in [-0.39, 0.29) is 31.0 Å². The fourth-order valence-corrected chi connectivity index (χ4v) is 2.79. The molecule has 12 nitrogen and oxygen atoms in total. The summed E-state index contributed by atoms with van der Waals surface area (Å²) >= 11 is 0. The second-order valence-corrected chi connectivity index (χ2v) is 7.32. The Bertz CT molecular complexity index is 1200. The molecule has 1 fully saturated rings. The number of primary amides is 1. The number of esters is 2. The maximum atomic E-state index is 12.9. The highest BCUT2D eigenvalue weighted by Gasteiger charge is 2.32. The quantitative estimate of drug-likeness (QED) is 0.269. The molecule has 1 aliphatic rings. The van der Waals surface area contributed by atoms with Crippen LogP contribution in [0.2, 0.25) is 0 Å². The van der Waals surface area contributed by atoms with Crippen LogP contribution < -0.4 is 21.3 Å². The van der Waals surface area contributed by atoms with Crippen LogP contribution in [0.4, 0.5) is 38.5 Å². The van der Waals surface area contributed by atoms with Crippen LogP contribution in [0.5, 0.6) is 0 Å². The standard InChI is InChI=1S/C10H6F2N2O3.C7H6F2N2O.C7H12O4/c11-5-1-6(12)3-7(2-5)14-9(16)4-8(15)13-10(14)17;8-4-1-5(9)3-6(2-4)11-7(10)12;1-3-10-6(8)5-7(9)11-4-2/h1-3H,4H2,(H,13,15,17);1-3H,(H3,10,11,12);3-5H2,1-2H3. The summed E-state index contributed by atoms with van der Waals surface area (Å²) in [4.78, 5) is 65.7. The van der Waals surface area contributed by atoms with Crippen molar-refractivity contribution in [3.8, 4) is 0 Å². The number of nitrogens with zero attached hydrogens (tertiary/aromatic N) is 1. The van der Waals surface area contributed by atoms with Gasteiger partial charge in [0.05, 0.1) is 18.9 Å². The molecule has 0 saturated carbocycles. The van der Waals surface area contributed by atoms with Gasteiger partial charge in [-0.3, -0.25) is 24.5 Å². The lowest BCUT2D eigenvalue weighted by Gasteiger charge is -2.24. The number of halogens is 4. The van der Waals surface area contributed by atoms with Gasteiger partial charge in [-0.25, -0.2) is 32.1 Å². The number of anilines is 2. The van der Waals surface area contributed by atoms with E-state index in [1.54, 1.807) is 13.8 Å². The molecule has 0 bridgehead atoms. The molecule has 40 heavy (non-hydrogen) atoms. The van der Waals surface area contributed by atoms with Gasteiger partial charge in [0.1, 0.15) is 36.1 Å². The van der Waals surface area contributed by atoms with Crippen molar-refractivity contribution in [3.05, 3.63) is 59.7 Å². The van der Waals surface area contributed by atoms with Crippen LogP contribution in [-0.2, 0) is 28.7 Å². The van der Waals surface area contributed by atoms with E-state index in [0.29, 0.717) is 17.0 Å². The van der Waals surface area contributed by atoms with E-state index in [4.69, 9.17) is 5.73 Å². The van der Waals surface area contributed by atoms with Gasteiger partial charge in [0, 0.05) is 17.8 Å². The summed E-state index contributed by atoms with van der Waals surface area (Å²) in [6.45, 7) is 3.95. The van der Waals surface area contributed by atoms with Crippen molar-refractivity contribution in [3.63, 3.8) is 0 Å². The number of urea groups is 2. The Kier molecular flexibility index (Phi) is 13.2. The minimum Gasteiger partial charge on any atom is -0.466 e. The molecule has 3 rings (SSSR count). The molecule has 16 heteroatoms. The molecule has 2 aromatic rings. The maximum Gasteiger partial charge on any atom is 0.335 e. The molecule has 1 heterocycles. The van der Waals surface area contributed by atoms with Gasteiger partial charge < -0.3 is 20.5 Å². The van der Waals surface area contributed by atoms with Crippen molar-refractivity contribution in [1.82, 2.24) is 5.32 Å². The third-order valence-electron chi connectivity index (χ3n) is 4.15. The fourth-order valence-electron chi connectivity index (χ4n) is 2.79. The van der Waals surface area contributed by atoms with Crippen LogP contribution in [-0.4, -0.2) is 49.0 Å². The number of rotatable bonds is 6. The Hall–Kier alpha value is -5.02. The summed E-state index contributed by atoms with van der Waals surface area (Å²) in [5.41, 5.74) is 4.48. The van der Waals surface area contributed by atoms with Gasteiger partial charge >= 0.3 is 24.0 Å². The normalized spacial score (nSPS) is 12.2. The summed E-state index contributed by atoms with van der Waals surface area (Å²) in [6, 6.07) is 3.03. The first-order chi connectivity index (χ1) is 18.7. The van der Waals surface area contributed by atoms with Gasteiger partial charge in [-0.15, -0.1) is 0 Å². The maximum absolute atomic E-state index is 12.9. The molecule has 6 amide bonds. The largest absolute Gasteiger partial charge is 0.466 e. The fraction of sp³-hybridized carbons (Fsp3) is 0.250. The van der Waals surface area contributed by atoms with Crippen LogP contribution >= 0.6 is 0 Å². The van der Waals surface area contributed by atoms with Gasteiger partial charge in [0.2, 0.25) is 11.8 Å². The van der Waals surface area contributed by atoms with Crippen LogP contribution in [0, 0.1) is 23.3 Å². The number of imide groups is 2. The minimum absolute atomic E-state index is 0.000000000000000444. The molecule has 0 spiro atoms. The number of nitrogens with two attached hydrogens (primary N) is 1. The van der Waals surface area contributed by atoms with Crippen LogP contribution in [0.1, 0.15) is 26.7 Å². The molecule has 0 atom stereocenters. The Balaban J connectivity index is 0.000000311. The average Bonchev–Trinajstić information content (AvgIpc) is 2.77. The predicted octanol–water partition coefficient (Wildman–Crippen LogP) is 2.90. The lowest BCUT2D eigenvalue weighted by atomic mass is 10.2. The zero-order valence-electron chi connectivity index (χ0n) is 21.1. The molecule has 0 aliphatic carbocycles. The van der Waals surface area contributed by atoms with Crippen molar-refractivity contribution >= 4 is 47.2 Å². The van der Waals surface area contributed by atoms with Crippen molar-refractivity contribution in [2.45, 2.75) is 26.7 Å². The SMILES string of the molecule is CCOC(=O)CC(=O)OCC.NC(=O)Nc1cc(F)cc(F)c1.O=C1CC(=O)N(c2cc(F)cc(F)c2)C(=O)N1. The van der Waals surface area contributed by atoms with Crippen LogP contribution in [0.25, 0.3) is 0 Å². The lowest BCUT2D eigenvalue weighted by molar-refractivity contribution is -0.154. The van der Waals surface area contributed by atoms with Gasteiger partial charge in [-0.05, 0) is 38.1 Å².